The van der Waals surface area contributed by atoms with Gasteiger partial charge in [0.1, 0.15) is 0 Å². The van der Waals surface area contributed by atoms with E-state index in [0.717, 1.165) is 24.9 Å². The van der Waals surface area contributed by atoms with Crippen molar-refractivity contribution in [3.8, 4) is 0 Å². The summed E-state index contributed by atoms with van der Waals surface area (Å²) >= 11 is 0. The van der Waals surface area contributed by atoms with Gasteiger partial charge in [0.05, 0.1) is 5.92 Å². The molecule has 2 aromatic carbocycles. The highest BCUT2D eigenvalue weighted by Crippen LogP contribution is 2.31. The topological polar surface area (TPSA) is 88.3 Å². The predicted molar refractivity (Wildman–Crippen MR) is 111 cm³/mol. The summed E-state index contributed by atoms with van der Waals surface area (Å²) in [6.07, 6.45) is 4.74. The fraction of sp³-hybridized carbons (Fsp3) is 0.304. The highest BCUT2D eigenvalue weighted by atomic mass is 16.4. The Balaban J connectivity index is 1.27. The molecule has 3 aromatic rings. The standard InChI is InChI=1S/C23H22N4O3/c28-20-13-18(14-27(20)19-8-2-1-3-9-19)22-25-26-23(30-22)24-21(29)17-11-10-15-6-4-5-7-16(15)12-17/h1-3,8-12,18H,4-7,13-14H2,(H,24,26,29)/t18-/m1/s1. The molecule has 1 saturated heterocycles. The van der Waals surface area contributed by atoms with Gasteiger partial charge in [-0.05, 0) is 61.1 Å². The number of hydrogen-bond acceptors (Lipinski definition) is 5. The number of aromatic nitrogens is 2. The van der Waals surface area contributed by atoms with E-state index in [4.69, 9.17) is 4.42 Å². The van der Waals surface area contributed by atoms with Crippen molar-refractivity contribution in [1.82, 2.24) is 10.2 Å². The van der Waals surface area contributed by atoms with Crippen molar-refractivity contribution in [2.45, 2.75) is 38.0 Å². The maximum Gasteiger partial charge on any atom is 0.322 e. The van der Waals surface area contributed by atoms with E-state index in [0.29, 0.717) is 24.4 Å². The molecule has 0 unspecified atom stereocenters. The minimum Gasteiger partial charge on any atom is -0.407 e. The summed E-state index contributed by atoms with van der Waals surface area (Å²) in [4.78, 5) is 26.8. The van der Waals surface area contributed by atoms with Crippen molar-refractivity contribution in [2.24, 2.45) is 0 Å². The van der Waals surface area contributed by atoms with Gasteiger partial charge in [0, 0.05) is 24.2 Å². The molecule has 152 valence electrons. The molecule has 1 fully saturated rings. The molecule has 1 aliphatic carbocycles. The molecule has 7 heteroatoms. The number of carbonyl (C=O) groups is 2. The number of benzene rings is 2. The number of amides is 2. The van der Waals surface area contributed by atoms with Crippen LogP contribution in [0.2, 0.25) is 0 Å². The van der Waals surface area contributed by atoms with Crippen LogP contribution in [0.15, 0.2) is 52.9 Å². The lowest BCUT2D eigenvalue weighted by molar-refractivity contribution is -0.117. The highest BCUT2D eigenvalue weighted by molar-refractivity contribution is 6.03. The van der Waals surface area contributed by atoms with Crippen LogP contribution in [0, 0.1) is 0 Å². The van der Waals surface area contributed by atoms with Gasteiger partial charge in [-0.25, -0.2) is 0 Å². The number of rotatable bonds is 4. The van der Waals surface area contributed by atoms with Gasteiger partial charge in [0.15, 0.2) is 0 Å². The second kappa shape index (κ2) is 7.74. The van der Waals surface area contributed by atoms with Crippen molar-refractivity contribution < 1.29 is 14.0 Å². The zero-order valence-corrected chi connectivity index (χ0v) is 16.5. The molecular weight excluding hydrogens is 380 g/mol. The van der Waals surface area contributed by atoms with Gasteiger partial charge < -0.3 is 9.32 Å². The van der Waals surface area contributed by atoms with Crippen molar-refractivity contribution in [3.05, 3.63) is 71.1 Å². The van der Waals surface area contributed by atoms with E-state index < -0.39 is 0 Å². The van der Waals surface area contributed by atoms with Gasteiger partial charge in [-0.1, -0.05) is 29.4 Å². The number of nitrogens with zero attached hydrogens (tertiary/aromatic N) is 3. The number of fused-ring (bicyclic) bond motifs is 1. The van der Waals surface area contributed by atoms with Gasteiger partial charge in [-0.3, -0.25) is 14.9 Å². The first kappa shape index (κ1) is 18.5. The molecule has 7 nitrogen and oxygen atoms in total. The van der Waals surface area contributed by atoms with Gasteiger partial charge in [0.25, 0.3) is 5.91 Å². The zero-order valence-electron chi connectivity index (χ0n) is 16.5. The maximum atomic E-state index is 12.6. The molecule has 1 aliphatic heterocycles. The van der Waals surface area contributed by atoms with E-state index in [1.54, 1.807) is 4.90 Å². The van der Waals surface area contributed by atoms with Crippen LogP contribution >= 0.6 is 0 Å². The molecule has 2 heterocycles. The fourth-order valence-electron chi connectivity index (χ4n) is 4.22. The Morgan fingerprint density at radius 3 is 2.67 bits per heavy atom. The quantitative estimate of drug-likeness (QED) is 0.719. The van der Waals surface area contributed by atoms with E-state index in [1.165, 1.54) is 17.5 Å². The number of anilines is 2. The zero-order chi connectivity index (χ0) is 20.5. The third-order valence-electron chi connectivity index (χ3n) is 5.81. The van der Waals surface area contributed by atoms with Crippen LogP contribution in [-0.4, -0.2) is 28.6 Å². The monoisotopic (exact) mass is 402 g/mol. The molecule has 0 spiro atoms. The molecule has 1 aromatic heterocycles. The van der Waals surface area contributed by atoms with E-state index in [9.17, 15) is 9.59 Å². The van der Waals surface area contributed by atoms with Crippen LogP contribution in [0.1, 0.15) is 52.6 Å². The number of aryl methyl sites for hydroxylation is 2. The SMILES string of the molecule is O=C(Nc1nnc([C@@H]2CC(=O)N(c3ccccc3)C2)o1)c1ccc2c(c1)CCCC2. The minimum atomic E-state index is -0.271. The lowest BCUT2D eigenvalue weighted by atomic mass is 9.90. The van der Waals surface area contributed by atoms with Crippen LogP contribution in [0.4, 0.5) is 11.7 Å². The largest absolute Gasteiger partial charge is 0.407 e. The van der Waals surface area contributed by atoms with Crippen molar-refractivity contribution >= 4 is 23.5 Å². The van der Waals surface area contributed by atoms with Gasteiger partial charge in [-0.2, -0.15) is 0 Å². The van der Waals surface area contributed by atoms with Crippen molar-refractivity contribution in [3.63, 3.8) is 0 Å². The van der Waals surface area contributed by atoms with E-state index in [1.807, 2.05) is 48.5 Å². The predicted octanol–water partition coefficient (Wildman–Crippen LogP) is 3.72. The van der Waals surface area contributed by atoms with Gasteiger partial charge in [-0.15, -0.1) is 5.10 Å². The molecular formula is C23H22N4O3. The van der Waals surface area contributed by atoms with Crippen LogP contribution in [0.25, 0.3) is 0 Å². The summed E-state index contributed by atoms with van der Waals surface area (Å²) in [6, 6.07) is 15.4. The Kier molecular flexibility index (Phi) is 4.78. The van der Waals surface area contributed by atoms with E-state index in [2.05, 4.69) is 15.5 Å². The van der Waals surface area contributed by atoms with Crippen LogP contribution in [-0.2, 0) is 17.6 Å². The summed E-state index contributed by atoms with van der Waals surface area (Å²) in [6.45, 7) is 0.475. The fourth-order valence-corrected chi connectivity index (χ4v) is 4.22. The summed E-state index contributed by atoms with van der Waals surface area (Å²) in [5, 5.41) is 10.7. The lowest BCUT2D eigenvalue weighted by Crippen LogP contribution is -2.24. The first-order valence-corrected chi connectivity index (χ1v) is 10.3. The molecule has 0 bridgehead atoms. The smallest absolute Gasteiger partial charge is 0.322 e. The second-order valence-electron chi connectivity index (χ2n) is 7.83. The number of para-hydroxylation sites is 1. The maximum absolute atomic E-state index is 12.6. The molecule has 0 saturated carbocycles. The molecule has 5 rings (SSSR count). The van der Waals surface area contributed by atoms with Gasteiger partial charge in [0.2, 0.25) is 11.8 Å². The molecule has 1 atom stereocenters. The number of hydrogen-bond donors (Lipinski definition) is 1. The number of nitrogens with one attached hydrogen (secondary N) is 1. The summed E-state index contributed by atoms with van der Waals surface area (Å²) in [5.41, 5.74) is 4.00. The van der Waals surface area contributed by atoms with E-state index in [-0.39, 0.29) is 23.7 Å². The third-order valence-corrected chi connectivity index (χ3v) is 5.81. The first-order valence-electron chi connectivity index (χ1n) is 10.3. The molecule has 2 aliphatic rings. The van der Waals surface area contributed by atoms with Crippen molar-refractivity contribution in [1.29, 1.82) is 0 Å². The molecule has 1 N–H and O–H groups in total. The average molecular weight is 402 g/mol. The Labute approximate surface area is 174 Å². The average Bonchev–Trinajstić information content (AvgIpc) is 3.40. The van der Waals surface area contributed by atoms with E-state index >= 15 is 0 Å². The Bertz CT molecular complexity index is 1090. The first-order chi connectivity index (χ1) is 14.7. The van der Waals surface area contributed by atoms with Crippen LogP contribution in [0.5, 0.6) is 0 Å². The molecule has 0 radical (unpaired) electrons. The van der Waals surface area contributed by atoms with Crippen LogP contribution in [0.3, 0.4) is 0 Å². The van der Waals surface area contributed by atoms with Crippen molar-refractivity contribution in [2.75, 3.05) is 16.8 Å². The third kappa shape index (κ3) is 3.58. The minimum absolute atomic E-state index is 0.0176. The highest BCUT2D eigenvalue weighted by Gasteiger charge is 2.35. The second-order valence-corrected chi connectivity index (χ2v) is 7.83. The number of carbonyl (C=O) groups excluding carboxylic acids is 2. The van der Waals surface area contributed by atoms with Gasteiger partial charge >= 0.3 is 6.01 Å². The summed E-state index contributed by atoms with van der Waals surface area (Å²) in [7, 11) is 0. The Morgan fingerprint density at radius 2 is 1.83 bits per heavy atom. The molecule has 30 heavy (non-hydrogen) atoms. The van der Waals surface area contributed by atoms with Crippen LogP contribution < -0.4 is 10.2 Å². The summed E-state index contributed by atoms with van der Waals surface area (Å²) in [5.74, 6) is -0.0850. The normalized spacial score (nSPS) is 18.3. The summed E-state index contributed by atoms with van der Waals surface area (Å²) < 4.78 is 5.67. The lowest BCUT2D eigenvalue weighted by Gasteiger charge is -2.16. The Morgan fingerprint density at radius 1 is 1.03 bits per heavy atom. The molecule has 2 amide bonds. The Hall–Kier alpha value is -3.48.